The maximum absolute atomic E-state index is 13.0. The van der Waals surface area contributed by atoms with Crippen molar-refractivity contribution in [2.75, 3.05) is 24.5 Å². The molecular formula is C25H29N5O. The molecule has 160 valence electrons. The average Bonchev–Trinajstić information content (AvgIpc) is 2.84. The van der Waals surface area contributed by atoms with E-state index in [1.807, 2.05) is 36.7 Å². The van der Waals surface area contributed by atoms with Gasteiger partial charge in [-0.15, -0.1) is 10.2 Å². The molecule has 1 aliphatic carbocycles. The number of fused-ring (bicyclic) bond motifs is 1. The van der Waals surface area contributed by atoms with Gasteiger partial charge in [0.1, 0.15) is 5.69 Å². The molecule has 1 aromatic carbocycles. The third-order valence-electron chi connectivity index (χ3n) is 6.77. The second-order valence-electron chi connectivity index (χ2n) is 8.82. The zero-order valence-electron chi connectivity index (χ0n) is 18.1. The number of amides is 1. The minimum Gasteiger partial charge on any atom is -0.348 e. The summed E-state index contributed by atoms with van der Waals surface area (Å²) in [6.07, 6.45) is 9.45. The third kappa shape index (κ3) is 3.87. The maximum atomic E-state index is 13.0. The van der Waals surface area contributed by atoms with Crippen LogP contribution in [-0.4, -0.2) is 51.7 Å². The Bertz CT molecular complexity index is 1060. The van der Waals surface area contributed by atoms with E-state index >= 15 is 0 Å². The van der Waals surface area contributed by atoms with E-state index < -0.39 is 0 Å². The van der Waals surface area contributed by atoms with Crippen molar-refractivity contribution in [1.82, 2.24) is 20.1 Å². The summed E-state index contributed by atoms with van der Waals surface area (Å²) < 4.78 is 0. The summed E-state index contributed by atoms with van der Waals surface area (Å²) in [5, 5.41) is 11.3. The van der Waals surface area contributed by atoms with Gasteiger partial charge in [0.05, 0.1) is 0 Å². The Morgan fingerprint density at radius 2 is 1.77 bits per heavy atom. The van der Waals surface area contributed by atoms with E-state index in [1.165, 1.54) is 19.3 Å². The lowest BCUT2D eigenvalue weighted by atomic mass is 9.88. The molecule has 1 amide bonds. The lowest BCUT2D eigenvalue weighted by Crippen LogP contribution is -2.55. The Balaban J connectivity index is 1.41. The molecule has 3 aromatic rings. The largest absolute Gasteiger partial charge is 0.348 e. The summed E-state index contributed by atoms with van der Waals surface area (Å²) in [5.74, 6) is 1.44. The van der Waals surface area contributed by atoms with Crippen molar-refractivity contribution in [2.24, 2.45) is 5.92 Å². The quantitative estimate of drug-likeness (QED) is 0.638. The van der Waals surface area contributed by atoms with Crippen LogP contribution in [0.25, 0.3) is 22.0 Å². The Morgan fingerprint density at radius 1 is 0.968 bits per heavy atom. The molecule has 2 aliphatic rings. The number of hydrogen-bond donors (Lipinski definition) is 0. The second kappa shape index (κ2) is 8.61. The summed E-state index contributed by atoms with van der Waals surface area (Å²) in [6, 6.07) is 12.4. The third-order valence-corrected chi connectivity index (χ3v) is 6.77. The van der Waals surface area contributed by atoms with Gasteiger partial charge in [0.25, 0.3) is 0 Å². The number of anilines is 1. The number of carbonyl (C=O) groups is 1. The highest BCUT2D eigenvalue weighted by Gasteiger charge is 2.32. The lowest BCUT2D eigenvalue weighted by molar-refractivity contribution is -0.137. The molecule has 1 saturated carbocycles. The monoisotopic (exact) mass is 415 g/mol. The van der Waals surface area contributed by atoms with Crippen molar-refractivity contribution >= 4 is 22.5 Å². The van der Waals surface area contributed by atoms with Gasteiger partial charge < -0.3 is 9.80 Å². The molecule has 1 aliphatic heterocycles. The van der Waals surface area contributed by atoms with Crippen LogP contribution >= 0.6 is 0 Å². The van der Waals surface area contributed by atoms with Crippen molar-refractivity contribution in [3.05, 3.63) is 48.8 Å². The van der Waals surface area contributed by atoms with Gasteiger partial charge in [0, 0.05) is 60.3 Å². The van der Waals surface area contributed by atoms with Crippen LogP contribution in [0, 0.1) is 5.92 Å². The number of nitrogens with zero attached hydrogens (tertiary/aromatic N) is 5. The van der Waals surface area contributed by atoms with Gasteiger partial charge in [-0.3, -0.25) is 9.78 Å². The highest BCUT2D eigenvalue weighted by Crippen LogP contribution is 2.33. The first-order chi connectivity index (χ1) is 15.2. The van der Waals surface area contributed by atoms with Gasteiger partial charge >= 0.3 is 0 Å². The standard InChI is InChI=1S/C25H29N5O/c1-18-17-29(25(31)20-10-6-3-7-11-20)14-15-30(18)24-22-16-26-13-12-21(22)23(27-28-24)19-8-4-2-5-9-19/h2,4-5,8-9,12-13,16,18,20H,3,6-7,10-11,14-15,17H2,1H3/t18-/m1/s1. The van der Waals surface area contributed by atoms with Crippen LogP contribution < -0.4 is 4.90 Å². The summed E-state index contributed by atoms with van der Waals surface area (Å²) in [6.45, 7) is 4.42. The van der Waals surface area contributed by atoms with Crippen LogP contribution in [0.4, 0.5) is 5.82 Å². The van der Waals surface area contributed by atoms with Gasteiger partial charge in [-0.05, 0) is 25.8 Å². The van der Waals surface area contributed by atoms with Crippen LogP contribution in [0.15, 0.2) is 48.8 Å². The summed E-state index contributed by atoms with van der Waals surface area (Å²) >= 11 is 0. The van der Waals surface area contributed by atoms with E-state index in [1.54, 1.807) is 0 Å². The summed E-state index contributed by atoms with van der Waals surface area (Å²) in [5.41, 5.74) is 1.93. The molecule has 6 nitrogen and oxygen atoms in total. The topological polar surface area (TPSA) is 62.2 Å². The Morgan fingerprint density at radius 3 is 2.55 bits per heavy atom. The molecule has 5 rings (SSSR count). The predicted octanol–water partition coefficient (Wildman–Crippen LogP) is 4.31. The Kier molecular flexibility index (Phi) is 5.53. The zero-order chi connectivity index (χ0) is 21.2. The molecule has 2 fully saturated rings. The Hall–Kier alpha value is -3.02. The highest BCUT2D eigenvalue weighted by atomic mass is 16.2. The van der Waals surface area contributed by atoms with Crippen LogP contribution in [0.3, 0.4) is 0 Å². The smallest absolute Gasteiger partial charge is 0.225 e. The van der Waals surface area contributed by atoms with E-state index in [9.17, 15) is 4.79 Å². The molecule has 0 unspecified atom stereocenters. The molecule has 1 atom stereocenters. The average molecular weight is 416 g/mol. The molecule has 3 heterocycles. The van der Waals surface area contributed by atoms with E-state index in [2.05, 4.69) is 44.0 Å². The molecule has 31 heavy (non-hydrogen) atoms. The van der Waals surface area contributed by atoms with Gasteiger partial charge in [-0.2, -0.15) is 0 Å². The molecule has 1 saturated heterocycles. The first kappa shape index (κ1) is 19.9. The number of aromatic nitrogens is 3. The molecular weight excluding hydrogens is 386 g/mol. The van der Waals surface area contributed by atoms with Crippen LogP contribution in [0.2, 0.25) is 0 Å². The maximum Gasteiger partial charge on any atom is 0.225 e. The Labute approximate surface area is 183 Å². The summed E-state index contributed by atoms with van der Waals surface area (Å²) in [7, 11) is 0. The van der Waals surface area contributed by atoms with Crippen LogP contribution in [-0.2, 0) is 4.79 Å². The number of piperazine rings is 1. The van der Waals surface area contributed by atoms with Crippen molar-refractivity contribution in [2.45, 2.75) is 45.1 Å². The molecule has 2 aromatic heterocycles. The van der Waals surface area contributed by atoms with E-state index in [-0.39, 0.29) is 12.0 Å². The van der Waals surface area contributed by atoms with Gasteiger partial charge in [0.2, 0.25) is 5.91 Å². The number of rotatable bonds is 3. The highest BCUT2D eigenvalue weighted by molar-refractivity contribution is 5.99. The SMILES string of the molecule is C[C@@H]1CN(C(=O)C2CCCCC2)CCN1c1nnc(-c2ccccc2)c2ccncc12. The number of hydrogen-bond acceptors (Lipinski definition) is 5. The molecule has 0 N–H and O–H groups in total. The van der Waals surface area contributed by atoms with Crippen molar-refractivity contribution in [1.29, 1.82) is 0 Å². The predicted molar refractivity (Wildman–Crippen MR) is 123 cm³/mol. The summed E-state index contributed by atoms with van der Waals surface area (Å²) in [4.78, 5) is 21.8. The fourth-order valence-corrected chi connectivity index (χ4v) is 5.09. The minimum absolute atomic E-state index is 0.182. The van der Waals surface area contributed by atoms with Crippen molar-refractivity contribution in [3.63, 3.8) is 0 Å². The molecule has 0 spiro atoms. The number of benzene rings is 1. The minimum atomic E-state index is 0.182. The fourth-order valence-electron chi connectivity index (χ4n) is 5.09. The molecule has 6 heteroatoms. The molecule has 0 bridgehead atoms. The first-order valence-corrected chi connectivity index (χ1v) is 11.4. The second-order valence-corrected chi connectivity index (χ2v) is 8.82. The van der Waals surface area contributed by atoms with Gasteiger partial charge in [-0.25, -0.2) is 0 Å². The normalized spacial score (nSPS) is 20.2. The molecule has 0 radical (unpaired) electrons. The first-order valence-electron chi connectivity index (χ1n) is 11.4. The number of carbonyl (C=O) groups excluding carboxylic acids is 1. The van der Waals surface area contributed by atoms with Crippen LogP contribution in [0.1, 0.15) is 39.0 Å². The van der Waals surface area contributed by atoms with Gasteiger partial charge in [-0.1, -0.05) is 49.6 Å². The van der Waals surface area contributed by atoms with Crippen LogP contribution in [0.5, 0.6) is 0 Å². The van der Waals surface area contributed by atoms with Gasteiger partial charge in [0.15, 0.2) is 5.82 Å². The van der Waals surface area contributed by atoms with E-state index in [4.69, 9.17) is 0 Å². The zero-order valence-corrected chi connectivity index (χ0v) is 18.1. The van der Waals surface area contributed by atoms with E-state index in [0.717, 1.165) is 60.3 Å². The lowest BCUT2D eigenvalue weighted by Gasteiger charge is -2.42. The number of pyridine rings is 1. The van der Waals surface area contributed by atoms with Crippen molar-refractivity contribution in [3.8, 4) is 11.3 Å². The van der Waals surface area contributed by atoms with Crippen molar-refractivity contribution < 1.29 is 4.79 Å². The fraction of sp³-hybridized carbons (Fsp3) is 0.440. The van der Waals surface area contributed by atoms with E-state index in [0.29, 0.717) is 5.91 Å².